The summed E-state index contributed by atoms with van der Waals surface area (Å²) in [7, 11) is 0. The van der Waals surface area contributed by atoms with E-state index in [0.29, 0.717) is 25.9 Å². The summed E-state index contributed by atoms with van der Waals surface area (Å²) < 4.78 is 0. The highest BCUT2D eigenvalue weighted by molar-refractivity contribution is 7.12. The van der Waals surface area contributed by atoms with Crippen molar-refractivity contribution in [3.05, 3.63) is 43.8 Å². The third-order valence-corrected chi connectivity index (χ3v) is 7.75. The van der Waals surface area contributed by atoms with Gasteiger partial charge >= 0.3 is 5.97 Å². The molecule has 1 fully saturated rings. The quantitative estimate of drug-likeness (QED) is 0.654. The minimum absolute atomic E-state index is 0.339. The number of rotatable bonds is 7. The molecular weight excluding hydrogens is 382 g/mol. The van der Waals surface area contributed by atoms with Crippen molar-refractivity contribution in [1.82, 2.24) is 4.90 Å². The van der Waals surface area contributed by atoms with Crippen molar-refractivity contribution in [2.75, 3.05) is 19.6 Å². The van der Waals surface area contributed by atoms with Crippen molar-refractivity contribution >= 4 is 28.6 Å². The SMILES string of the molecule is Cc1ccsc1C(O)(c1sccc1C)C(O)CCN1CCC[C@H](C(=O)O)C1. The van der Waals surface area contributed by atoms with Crippen molar-refractivity contribution in [2.45, 2.75) is 44.8 Å². The summed E-state index contributed by atoms with van der Waals surface area (Å²) in [6.45, 7) is 5.83. The number of carboxylic acids is 1. The smallest absolute Gasteiger partial charge is 0.307 e. The third kappa shape index (κ3) is 4.12. The van der Waals surface area contributed by atoms with Crippen molar-refractivity contribution in [1.29, 1.82) is 0 Å². The van der Waals surface area contributed by atoms with Crippen LogP contribution in [-0.2, 0) is 10.4 Å². The Bertz CT molecular complexity index is 744. The number of carboxylic acid groups (broad SMARTS) is 1. The lowest BCUT2D eigenvalue weighted by Gasteiger charge is -2.36. The predicted octanol–water partition coefficient (Wildman–Crippen LogP) is 3.21. The second-order valence-corrected chi connectivity index (χ2v) is 9.25. The molecule has 0 saturated carbocycles. The van der Waals surface area contributed by atoms with E-state index >= 15 is 0 Å². The number of hydrogen-bond acceptors (Lipinski definition) is 6. The van der Waals surface area contributed by atoms with Crippen LogP contribution in [0.3, 0.4) is 0 Å². The van der Waals surface area contributed by atoms with Crippen LogP contribution in [0, 0.1) is 19.8 Å². The first-order valence-corrected chi connectivity index (χ1v) is 11.0. The Balaban J connectivity index is 1.78. The van der Waals surface area contributed by atoms with E-state index in [2.05, 4.69) is 4.90 Å². The van der Waals surface area contributed by atoms with Gasteiger partial charge in [0.25, 0.3) is 0 Å². The van der Waals surface area contributed by atoms with Crippen LogP contribution in [-0.4, -0.2) is 51.9 Å². The Labute approximate surface area is 167 Å². The highest BCUT2D eigenvalue weighted by atomic mass is 32.1. The van der Waals surface area contributed by atoms with Gasteiger partial charge in [-0.25, -0.2) is 0 Å². The summed E-state index contributed by atoms with van der Waals surface area (Å²) in [5.74, 6) is -1.09. The molecule has 0 bridgehead atoms. The molecule has 0 aromatic carbocycles. The maximum Gasteiger partial charge on any atom is 0.307 e. The Kier molecular flexibility index (Phi) is 6.38. The van der Waals surface area contributed by atoms with Crippen molar-refractivity contribution in [3.63, 3.8) is 0 Å². The van der Waals surface area contributed by atoms with Crippen LogP contribution in [0.25, 0.3) is 0 Å². The van der Waals surface area contributed by atoms with Gasteiger partial charge in [0.15, 0.2) is 5.60 Å². The first-order valence-electron chi connectivity index (χ1n) is 9.28. The van der Waals surface area contributed by atoms with Gasteiger partial charge in [-0.3, -0.25) is 4.79 Å². The van der Waals surface area contributed by atoms with Gasteiger partial charge in [0.2, 0.25) is 0 Å². The molecule has 1 unspecified atom stereocenters. The molecule has 0 radical (unpaired) electrons. The fraction of sp³-hybridized carbons (Fsp3) is 0.550. The molecule has 2 aromatic rings. The van der Waals surface area contributed by atoms with E-state index in [-0.39, 0.29) is 5.92 Å². The van der Waals surface area contributed by atoms with E-state index < -0.39 is 17.7 Å². The van der Waals surface area contributed by atoms with E-state index in [1.807, 2.05) is 36.7 Å². The maximum absolute atomic E-state index is 11.7. The van der Waals surface area contributed by atoms with Crippen molar-refractivity contribution < 1.29 is 20.1 Å². The van der Waals surface area contributed by atoms with E-state index in [9.17, 15) is 20.1 Å². The number of piperidine rings is 1. The van der Waals surface area contributed by atoms with Gasteiger partial charge in [0.1, 0.15) is 0 Å². The summed E-state index contributed by atoms with van der Waals surface area (Å²) in [5, 5.41) is 35.9. The maximum atomic E-state index is 11.7. The summed E-state index contributed by atoms with van der Waals surface area (Å²) in [6.07, 6.45) is 0.988. The molecule has 27 heavy (non-hydrogen) atoms. The largest absolute Gasteiger partial charge is 0.481 e. The Morgan fingerprint density at radius 1 is 1.26 bits per heavy atom. The van der Waals surface area contributed by atoms with Crippen LogP contribution in [0.2, 0.25) is 0 Å². The molecule has 5 nitrogen and oxygen atoms in total. The molecule has 3 N–H and O–H groups in total. The number of aliphatic hydroxyl groups excluding tert-OH is 1. The summed E-state index contributed by atoms with van der Waals surface area (Å²) >= 11 is 2.93. The first-order chi connectivity index (χ1) is 12.8. The van der Waals surface area contributed by atoms with Crippen LogP contribution >= 0.6 is 22.7 Å². The second-order valence-electron chi connectivity index (χ2n) is 7.41. The average molecular weight is 410 g/mol. The standard InChI is InChI=1S/C20H27NO4S2/c1-13-6-10-26-17(13)20(25,18-14(2)7-11-27-18)16(22)5-9-21-8-3-4-15(12-21)19(23)24/h6-7,10-11,15-16,22,25H,3-5,8-9,12H2,1-2H3,(H,23,24)/t15-,16?/m0/s1. The molecule has 1 aliphatic heterocycles. The van der Waals surface area contributed by atoms with Crippen LogP contribution < -0.4 is 0 Å². The first kappa shape index (κ1) is 20.5. The zero-order valence-corrected chi connectivity index (χ0v) is 17.4. The molecule has 3 rings (SSSR count). The van der Waals surface area contributed by atoms with Gasteiger partial charge in [-0.15, -0.1) is 22.7 Å². The second kappa shape index (κ2) is 8.41. The minimum atomic E-state index is -1.43. The third-order valence-electron chi connectivity index (χ3n) is 5.47. The topological polar surface area (TPSA) is 81.0 Å². The molecule has 0 amide bonds. The Morgan fingerprint density at radius 3 is 2.33 bits per heavy atom. The lowest BCUT2D eigenvalue weighted by atomic mass is 9.87. The predicted molar refractivity (Wildman–Crippen MR) is 109 cm³/mol. The van der Waals surface area contributed by atoms with Gasteiger partial charge in [0.05, 0.1) is 12.0 Å². The lowest BCUT2D eigenvalue weighted by Crippen LogP contribution is -2.44. The highest BCUT2D eigenvalue weighted by Gasteiger charge is 2.43. The molecule has 1 saturated heterocycles. The molecule has 1 aliphatic rings. The molecule has 148 valence electrons. The normalized spacial score (nSPS) is 19.9. The Morgan fingerprint density at radius 2 is 1.85 bits per heavy atom. The number of likely N-dealkylation sites (tertiary alicyclic amines) is 1. The molecule has 2 atom stereocenters. The molecule has 3 heterocycles. The number of thiophene rings is 2. The van der Waals surface area contributed by atoms with Gasteiger partial charge in [-0.05, 0) is 73.7 Å². The molecular formula is C20H27NO4S2. The summed E-state index contributed by atoms with van der Waals surface area (Å²) in [5.41, 5.74) is 0.509. The zero-order chi connectivity index (χ0) is 19.6. The molecule has 0 aliphatic carbocycles. The number of hydrogen-bond donors (Lipinski definition) is 3. The van der Waals surface area contributed by atoms with Gasteiger partial charge < -0.3 is 20.2 Å². The summed E-state index contributed by atoms with van der Waals surface area (Å²) in [4.78, 5) is 14.9. The fourth-order valence-corrected chi connectivity index (χ4v) is 6.13. The number of aryl methyl sites for hydroxylation is 2. The highest BCUT2D eigenvalue weighted by Crippen LogP contribution is 2.43. The van der Waals surface area contributed by atoms with Gasteiger partial charge in [-0.1, -0.05) is 0 Å². The fourth-order valence-electron chi connectivity index (χ4n) is 3.91. The summed E-state index contributed by atoms with van der Waals surface area (Å²) in [6, 6.07) is 3.92. The van der Waals surface area contributed by atoms with E-state index in [1.165, 1.54) is 22.7 Å². The van der Waals surface area contributed by atoms with Gasteiger partial charge in [0, 0.05) is 22.8 Å². The lowest BCUT2D eigenvalue weighted by molar-refractivity contribution is -0.143. The van der Waals surface area contributed by atoms with E-state index in [1.54, 1.807) is 0 Å². The number of aliphatic hydroxyl groups is 2. The number of nitrogens with zero attached hydrogens (tertiary/aromatic N) is 1. The molecule has 0 spiro atoms. The Hall–Kier alpha value is -1.25. The van der Waals surface area contributed by atoms with Crippen LogP contribution in [0.1, 0.15) is 40.1 Å². The van der Waals surface area contributed by atoms with E-state index in [4.69, 9.17) is 0 Å². The average Bonchev–Trinajstić information content (AvgIpc) is 3.28. The van der Waals surface area contributed by atoms with Gasteiger partial charge in [-0.2, -0.15) is 0 Å². The minimum Gasteiger partial charge on any atom is -0.481 e. The van der Waals surface area contributed by atoms with Crippen molar-refractivity contribution in [3.8, 4) is 0 Å². The zero-order valence-electron chi connectivity index (χ0n) is 15.7. The number of carbonyl (C=O) groups is 1. The van der Waals surface area contributed by atoms with Crippen LogP contribution in [0.4, 0.5) is 0 Å². The van der Waals surface area contributed by atoms with Crippen LogP contribution in [0.15, 0.2) is 22.9 Å². The number of aliphatic carboxylic acids is 1. The van der Waals surface area contributed by atoms with Crippen molar-refractivity contribution in [2.24, 2.45) is 5.92 Å². The molecule has 7 heteroatoms. The van der Waals surface area contributed by atoms with Crippen LogP contribution in [0.5, 0.6) is 0 Å². The molecule has 2 aromatic heterocycles. The monoisotopic (exact) mass is 409 g/mol. The van der Waals surface area contributed by atoms with E-state index in [0.717, 1.165) is 33.8 Å².